The average Bonchev–Trinajstić information content (AvgIpc) is 2.39. The Balaban J connectivity index is 1.81. The Morgan fingerprint density at radius 1 is 1.16 bits per heavy atom. The Bertz CT molecular complexity index is 388. The van der Waals surface area contributed by atoms with E-state index in [1.807, 2.05) is 18.2 Å². The number of nitrogens with zero attached hydrogens (tertiary/aromatic N) is 1. The van der Waals surface area contributed by atoms with E-state index in [1.54, 1.807) is 0 Å². The third-order valence-electron chi connectivity index (χ3n) is 3.26. The number of halogens is 2. The second-order valence-corrected chi connectivity index (χ2v) is 6.59. The molecule has 0 saturated carbocycles. The molecule has 1 fully saturated rings. The van der Waals surface area contributed by atoms with Gasteiger partial charge in [-0.05, 0) is 69.9 Å². The number of hydrogen-bond acceptors (Lipinski definition) is 3. The van der Waals surface area contributed by atoms with Gasteiger partial charge in [0.1, 0.15) is 18.5 Å². The summed E-state index contributed by atoms with van der Waals surface area (Å²) in [5, 5.41) is 10.0. The summed E-state index contributed by atoms with van der Waals surface area (Å²) >= 11 is 6.90. The van der Waals surface area contributed by atoms with E-state index in [-0.39, 0.29) is 0 Å². The van der Waals surface area contributed by atoms with Gasteiger partial charge in [-0.1, -0.05) is 12.5 Å². The van der Waals surface area contributed by atoms with Crippen LogP contribution in [0.4, 0.5) is 0 Å². The van der Waals surface area contributed by atoms with Gasteiger partial charge in [0.15, 0.2) is 0 Å². The minimum atomic E-state index is -0.447. The van der Waals surface area contributed by atoms with E-state index in [0.29, 0.717) is 13.2 Å². The maximum absolute atomic E-state index is 10.0. The van der Waals surface area contributed by atoms with E-state index in [0.717, 1.165) is 27.8 Å². The van der Waals surface area contributed by atoms with E-state index in [1.165, 1.54) is 19.3 Å². The standard InChI is InChI=1S/C14H19Br2NO2/c15-12-5-4-6-13(16)14(12)19-10-11(18)9-17-7-2-1-3-8-17/h4-6,11,18H,1-3,7-10H2. The Labute approximate surface area is 131 Å². The molecule has 1 aromatic rings. The molecule has 1 atom stereocenters. The van der Waals surface area contributed by atoms with Gasteiger partial charge in [-0.2, -0.15) is 0 Å². The van der Waals surface area contributed by atoms with Crippen LogP contribution in [-0.4, -0.2) is 42.4 Å². The number of hydrogen-bond donors (Lipinski definition) is 1. The molecule has 0 amide bonds. The molecule has 1 aliphatic rings. The molecule has 5 heteroatoms. The zero-order chi connectivity index (χ0) is 13.7. The third kappa shape index (κ3) is 4.74. The van der Waals surface area contributed by atoms with Gasteiger partial charge in [-0.25, -0.2) is 0 Å². The first-order valence-corrected chi connectivity index (χ1v) is 8.22. The van der Waals surface area contributed by atoms with Crippen LogP contribution < -0.4 is 4.74 Å². The number of aliphatic hydroxyl groups excluding tert-OH is 1. The first kappa shape index (κ1) is 15.3. The summed E-state index contributed by atoms with van der Waals surface area (Å²) < 4.78 is 7.49. The highest BCUT2D eigenvalue weighted by Gasteiger charge is 2.16. The van der Waals surface area contributed by atoms with E-state index in [9.17, 15) is 5.11 Å². The van der Waals surface area contributed by atoms with Crippen molar-refractivity contribution in [1.29, 1.82) is 0 Å². The lowest BCUT2D eigenvalue weighted by Gasteiger charge is -2.28. The number of ether oxygens (including phenoxy) is 1. The van der Waals surface area contributed by atoms with Gasteiger partial charge in [0, 0.05) is 6.54 Å². The molecule has 106 valence electrons. The fraction of sp³-hybridized carbons (Fsp3) is 0.571. The van der Waals surface area contributed by atoms with Crippen LogP contribution in [0.15, 0.2) is 27.1 Å². The van der Waals surface area contributed by atoms with Gasteiger partial charge in [0.25, 0.3) is 0 Å². The second-order valence-electron chi connectivity index (χ2n) is 4.88. The molecule has 1 N–H and O–H groups in total. The minimum absolute atomic E-state index is 0.317. The summed E-state index contributed by atoms with van der Waals surface area (Å²) in [6, 6.07) is 5.79. The second kappa shape index (κ2) is 7.62. The van der Waals surface area contributed by atoms with Crippen molar-refractivity contribution in [2.75, 3.05) is 26.2 Å². The van der Waals surface area contributed by atoms with E-state index >= 15 is 0 Å². The lowest BCUT2D eigenvalue weighted by Crippen LogP contribution is -2.38. The van der Waals surface area contributed by atoms with Gasteiger partial charge < -0.3 is 14.7 Å². The topological polar surface area (TPSA) is 32.7 Å². The molecule has 0 aliphatic carbocycles. The van der Waals surface area contributed by atoms with Gasteiger partial charge in [-0.3, -0.25) is 0 Å². The zero-order valence-corrected chi connectivity index (χ0v) is 14.0. The first-order chi connectivity index (χ1) is 9.16. The molecule has 1 aromatic carbocycles. The van der Waals surface area contributed by atoms with Crippen molar-refractivity contribution in [1.82, 2.24) is 4.90 Å². The largest absolute Gasteiger partial charge is 0.488 e. The number of piperidine rings is 1. The minimum Gasteiger partial charge on any atom is -0.488 e. The maximum Gasteiger partial charge on any atom is 0.147 e. The fourth-order valence-electron chi connectivity index (χ4n) is 2.29. The van der Waals surface area contributed by atoms with Crippen LogP contribution in [0, 0.1) is 0 Å². The summed E-state index contributed by atoms with van der Waals surface area (Å²) in [6.07, 6.45) is 3.34. The highest BCUT2D eigenvalue weighted by Crippen LogP contribution is 2.33. The molecule has 1 heterocycles. The number of para-hydroxylation sites is 1. The molecule has 3 nitrogen and oxygen atoms in total. The lowest BCUT2D eigenvalue weighted by molar-refractivity contribution is 0.0612. The summed E-state index contributed by atoms with van der Waals surface area (Å²) in [7, 11) is 0. The van der Waals surface area contributed by atoms with Crippen molar-refractivity contribution in [3.05, 3.63) is 27.1 Å². The highest BCUT2D eigenvalue weighted by atomic mass is 79.9. The van der Waals surface area contributed by atoms with Crippen LogP contribution >= 0.6 is 31.9 Å². The normalized spacial score (nSPS) is 18.3. The van der Waals surface area contributed by atoms with Crippen molar-refractivity contribution in [2.24, 2.45) is 0 Å². The van der Waals surface area contributed by atoms with E-state index in [4.69, 9.17) is 4.74 Å². The zero-order valence-electron chi connectivity index (χ0n) is 10.8. The molecule has 19 heavy (non-hydrogen) atoms. The molecular formula is C14H19Br2NO2. The predicted molar refractivity (Wildman–Crippen MR) is 83.6 cm³/mol. The summed E-state index contributed by atoms with van der Waals surface area (Å²) in [6.45, 7) is 3.20. The summed E-state index contributed by atoms with van der Waals surface area (Å²) in [4.78, 5) is 2.31. The van der Waals surface area contributed by atoms with Gasteiger partial charge in [-0.15, -0.1) is 0 Å². The molecule has 1 aliphatic heterocycles. The number of likely N-dealkylation sites (tertiary alicyclic amines) is 1. The van der Waals surface area contributed by atoms with Gasteiger partial charge >= 0.3 is 0 Å². The van der Waals surface area contributed by atoms with Crippen LogP contribution in [0.5, 0.6) is 5.75 Å². The quantitative estimate of drug-likeness (QED) is 0.832. The summed E-state index contributed by atoms with van der Waals surface area (Å²) in [5.41, 5.74) is 0. The van der Waals surface area contributed by atoms with Crippen LogP contribution in [0.3, 0.4) is 0 Å². The van der Waals surface area contributed by atoms with Crippen LogP contribution in [0.1, 0.15) is 19.3 Å². The molecule has 1 saturated heterocycles. The molecule has 2 rings (SSSR count). The van der Waals surface area contributed by atoms with E-state index in [2.05, 4.69) is 36.8 Å². The molecule has 0 bridgehead atoms. The highest BCUT2D eigenvalue weighted by molar-refractivity contribution is 9.11. The Morgan fingerprint density at radius 3 is 2.42 bits per heavy atom. The van der Waals surface area contributed by atoms with Crippen LogP contribution in [-0.2, 0) is 0 Å². The molecule has 1 unspecified atom stereocenters. The molecule has 0 radical (unpaired) electrons. The smallest absolute Gasteiger partial charge is 0.147 e. The number of β-amino-alcohol motifs (C(OH)–C–C–N with tert-alkyl or cyclic N) is 1. The van der Waals surface area contributed by atoms with E-state index < -0.39 is 6.10 Å². The number of benzene rings is 1. The van der Waals surface area contributed by atoms with Gasteiger partial charge in [0.05, 0.1) is 8.95 Å². The molecule has 0 aromatic heterocycles. The van der Waals surface area contributed by atoms with Crippen molar-refractivity contribution >= 4 is 31.9 Å². The molecule has 0 spiro atoms. The summed E-state index contributed by atoms with van der Waals surface area (Å²) in [5.74, 6) is 0.750. The Morgan fingerprint density at radius 2 is 1.79 bits per heavy atom. The fourth-order valence-corrected chi connectivity index (χ4v) is 3.52. The SMILES string of the molecule is OC(COc1c(Br)cccc1Br)CN1CCCCC1. The predicted octanol–water partition coefficient (Wildman–Crippen LogP) is 3.44. The Hall–Kier alpha value is -0.100. The van der Waals surface area contributed by atoms with Crippen LogP contribution in [0.2, 0.25) is 0 Å². The lowest BCUT2D eigenvalue weighted by atomic mass is 10.1. The molecular weight excluding hydrogens is 374 g/mol. The third-order valence-corrected chi connectivity index (χ3v) is 4.51. The van der Waals surface area contributed by atoms with Crippen molar-refractivity contribution in [3.63, 3.8) is 0 Å². The monoisotopic (exact) mass is 391 g/mol. The van der Waals surface area contributed by atoms with Crippen LogP contribution in [0.25, 0.3) is 0 Å². The van der Waals surface area contributed by atoms with Gasteiger partial charge in [0.2, 0.25) is 0 Å². The number of rotatable bonds is 5. The van der Waals surface area contributed by atoms with Crippen molar-refractivity contribution < 1.29 is 9.84 Å². The average molecular weight is 393 g/mol. The Kier molecular flexibility index (Phi) is 6.13. The van der Waals surface area contributed by atoms with Crippen molar-refractivity contribution in [3.8, 4) is 5.75 Å². The maximum atomic E-state index is 10.0. The van der Waals surface area contributed by atoms with Crippen molar-refractivity contribution in [2.45, 2.75) is 25.4 Å². The number of aliphatic hydroxyl groups is 1. The first-order valence-electron chi connectivity index (χ1n) is 6.64.